The van der Waals surface area contributed by atoms with Gasteiger partial charge in [0.15, 0.2) is 0 Å². The van der Waals surface area contributed by atoms with Crippen LogP contribution in [0.5, 0.6) is 11.5 Å². The van der Waals surface area contributed by atoms with Crippen molar-refractivity contribution in [3.05, 3.63) is 71.3 Å². The molecule has 164 valence electrons. The quantitative estimate of drug-likeness (QED) is 0.322. The van der Waals surface area contributed by atoms with Crippen molar-refractivity contribution in [3.8, 4) is 11.5 Å². The summed E-state index contributed by atoms with van der Waals surface area (Å²) in [5.74, 6) is 1.17. The van der Waals surface area contributed by atoms with Crippen LogP contribution in [0.1, 0.15) is 32.3 Å². The van der Waals surface area contributed by atoms with Crippen molar-refractivity contribution in [2.24, 2.45) is 0 Å². The standard InChI is InChI=1S/C24H27ClN2O4/c1-17(2)16-31-21-10-6-18(7-11-21)24(3)22(28)27(23(29)26-24)14-4-5-15-30-20-12-8-19(25)9-13-20/h6-13H,1,4-5,14-16H2,2-3H3,(H,26,29). The summed E-state index contributed by atoms with van der Waals surface area (Å²) < 4.78 is 11.3. The van der Waals surface area contributed by atoms with Crippen LogP contribution in [-0.4, -0.2) is 36.6 Å². The molecule has 7 heteroatoms. The van der Waals surface area contributed by atoms with E-state index in [0.29, 0.717) is 48.9 Å². The number of rotatable bonds is 10. The molecule has 0 spiro atoms. The number of benzene rings is 2. The summed E-state index contributed by atoms with van der Waals surface area (Å²) in [5, 5.41) is 3.48. The maximum Gasteiger partial charge on any atom is 0.325 e. The SMILES string of the molecule is C=C(C)COc1ccc(C2(C)NC(=O)N(CCCCOc3ccc(Cl)cc3)C2=O)cc1. The molecule has 1 unspecified atom stereocenters. The molecule has 1 atom stereocenters. The summed E-state index contributed by atoms with van der Waals surface area (Å²) in [5.41, 5.74) is 0.537. The Balaban J connectivity index is 1.52. The van der Waals surface area contributed by atoms with Gasteiger partial charge in [0.1, 0.15) is 23.6 Å². The normalized spacial score (nSPS) is 18.1. The highest BCUT2D eigenvalue weighted by Gasteiger charge is 2.48. The van der Waals surface area contributed by atoms with Crippen molar-refractivity contribution in [2.75, 3.05) is 19.8 Å². The fourth-order valence-electron chi connectivity index (χ4n) is 3.28. The van der Waals surface area contributed by atoms with E-state index in [0.717, 1.165) is 11.3 Å². The Kier molecular flexibility index (Phi) is 7.23. The number of nitrogens with zero attached hydrogens (tertiary/aromatic N) is 1. The molecular weight excluding hydrogens is 416 g/mol. The topological polar surface area (TPSA) is 67.9 Å². The Labute approximate surface area is 187 Å². The molecule has 0 saturated carbocycles. The van der Waals surface area contributed by atoms with Gasteiger partial charge >= 0.3 is 6.03 Å². The first-order valence-electron chi connectivity index (χ1n) is 10.2. The molecule has 2 aromatic carbocycles. The second kappa shape index (κ2) is 9.88. The lowest BCUT2D eigenvalue weighted by atomic mass is 9.92. The molecule has 1 saturated heterocycles. The second-order valence-electron chi connectivity index (χ2n) is 7.79. The molecule has 1 N–H and O–H groups in total. The first kappa shape index (κ1) is 22.7. The van der Waals surface area contributed by atoms with E-state index in [2.05, 4.69) is 11.9 Å². The van der Waals surface area contributed by atoms with Gasteiger partial charge in [0.05, 0.1) is 6.61 Å². The second-order valence-corrected chi connectivity index (χ2v) is 8.23. The van der Waals surface area contributed by atoms with Crippen molar-refractivity contribution in [1.82, 2.24) is 10.2 Å². The van der Waals surface area contributed by atoms with Crippen LogP contribution < -0.4 is 14.8 Å². The van der Waals surface area contributed by atoms with Crippen LogP contribution in [0.25, 0.3) is 0 Å². The van der Waals surface area contributed by atoms with E-state index in [1.54, 1.807) is 55.5 Å². The summed E-state index contributed by atoms with van der Waals surface area (Å²) in [4.78, 5) is 26.7. The first-order valence-corrected chi connectivity index (χ1v) is 10.6. The first-order chi connectivity index (χ1) is 14.8. The number of ether oxygens (including phenoxy) is 2. The van der Waals surface area contributed by atoms with Gasteiger partial charge in [0.2, 0.25) is 0 Å². The average molecular weight is 443 g/mol. The predicted molar refractivity (Wildman–Crippen MR) is 121 cm³/mol. The summed E-state index contributed by atoms with van der Waals surface area (Å²) >= 11 is 5.86. The van der Waals surface area contributed by atoms with Gasteiger partial charge in [-0.1, -0.05) is 30.3 Å². The van der Waals surface area contributed by atoms with E-state index < -0.39 is 5.54 Å². The number of carbonyl (C=O) groups excluding carboxylic acids is 2. The van der Waals surface area contributed by atoms with E-state index >= 15 is 0 Å². The average Bonchev–Trinajstić information content (AvgIpc) is 2.97. The number of halogens is 1. The summed E-state index contributed by atoms with van der Waals surface area (Å²) in [6, 6.07) is 14.0. The summed E-state index contributed by atoms with van der Waals surface area (Å²) in [7, 11) is 0. The zero-order chi connectivity index (χ0) is 22.4. The molecule has 6 nitrogen and oxygen atoms in total. The minimum absolute atomic E-state index is 0.258. The number of hydrogen-bond donors (Lipinski definition) is 1. The molecule has 1 aliphatic heterocycles. The molecule has 31 heavy (non-hydrogen) atoms. The number of hydrogen-bond acceptors (Lipinski definition) is 4. The molecule has 3 amide bonds. The predicted octanol–water partition coefficient (Wildman–Crippen LogP) is 4.92. The van der Waals surface area contributed by atoms with E-state index in [1.165, 1.54) is 4.90 Å². The molecule has 0 aromatic heterocycles. The van der Waals surface area contributed by atoms with Crippen LogP contribution in [0.2, 0.25) is 5.02 Å². The molecule has 2 aromatic rings. The summed E-state index contributed by atoms with van der Waals surface area (Å²) in [6.45, 7) is 8.68. The van der Waals surface area contributed by atoms with Gasteiger partial charge in [0.25, 0.3) is 5.91 Å². The third-order valence-electron chi connectivity index (χ3n) is 5.05. The lowest BCUT2D eigenvalue weighted by Crippen LogP contribution is -2.41. The van der Waals surface area contributed by atoms with Crippen LogP contribution in [0, 0.1) is 0 Å². The molecular formula is C24H27ClN2O4. The van der Waals surface area contributed by atoms with Crippen molar-refractivity contribution in [3.63, 3.8) is 0 Å². The largest absolute Gasteiger partial charge is 0.494 e. The maximum atomic E-state index is 13.0. The number of urea groups is 1. The Morgan fingerprint density at radius 2 is 1.65 bits per heavy atom. The Morgan fingerprint density at radius 1 is 1.03 bits per heavy atom. The number of nitrogens with one attached hydrogen (secondary N) is 1. The highest BCUT2D eigenvalue weighted by Crippen LogP contribution is 2.30. The lowest BCUT2D eigenvalue weighted by Gasteiger charge is -2.22. The van der Waals surface area contributed by atoms with E-state index in [1.807, 2.05) is 6.92 Å². The van der Waals surface area contributed by atoms with Gasteiger partial charge in [-0.3, -0.25) is 9.69 Å². The van der Waals surface area contributed by atoms with E-state index in [4.69, 9.17) is 21.1 Å². The van der Waals surface area contributed by atoms with Gasteiger partial charge in [-0.25, -0.2) is 4.79 Å². The molecule has 0 aliphatic carbocycles. The van der Waals surface area contributed by atoms with Gasteiger partial charge in [-0.2, -0.15) is 0 Å². The fraction of sp³-hybridized carbons (Fsp3) is 0.333. The number of amides is 3. The minimum atomic E-state index is -1.09. The molecule has 1 fully saturated rings. The highest BCUT2D eigenvalue weighted by atomic mass is 35.5. The van der Waals surface area contributed by atoms with Gasteiger partial charge in [-0.15, -0.1) is 0 Å². The van der Waals surface area contributed by atoms with Crippen LogP contribution in [-0.2, 0) is 10.3 Å². The number of unbranched alkanes of at least 4 members (excludes halogenated alkanes) is 1. The minimum Gasteiger partial charge on any atom is -0.494 e. The van der Waals surface area contributed by atoms with Crippen LogP contribution >= 0.6 is 11.6 Å². The zero-order valence-electron chi connectivity index (χ0n) is 17.8. The molecule has 3 rings (SSSR count). The van der Waals surface area contributed by atoms with Crippen molar-refractivity contribution in [2.45, 2.75) is 32.2 Å². The molecule has 0 radical (unpaired) electrons. The number of imide groups is 1. The van der Waals surface area contributed by atoms with Gasteiger partial charge in [-0.05, 0) is 74.2 Å². The molecule has 1 aliphatic rings. The maximum absolute atomic E-state index is 13.0. The van der Waals surface area contributed by atoms with Gasteiger partial charge in [0, 0.05) is 11.6 Å². The van der Waals surface area contributed by atoms with Crippen LogP contribution in [0.3, 0.4) is 0 Å². The monoisotopic (exact) mass is 442 g/mol. The highest BCUT2D eigenvalue weighted by molar-refractivity contribution is 6.30. The summed E-state index contributed by atoms with van der Waals surface area (Å²) in [6.07, 6.45) is 1.36. The third kappa shape index (κ3) is 5.58. The molecule has 1 heterocycles. The smallest absolute Gasteiger partial charge is 0.325 e. The Morgan fingerprint density at radius 3 is 2.29 bits per heavy atom. The fourth-order valence-corrected chi connectivity index (χ4v) is 3.41. The Hall–Kier alpha value is -2.99. The van der Waals surface area contributed by atoms with Crippen molar-refractivity contribution < 1.29 is 19.1 Å². The lowest BCUT2D eigenvalue weighted by molar-refractivity contribution is -0.131. The van der Waals surface area contributed by atoms with Gasteiger partial charge < -0.3 is 14.8 Å². The zero-order valence-corrected chi connectivity index (χ0v) is 18.6. The Bertz CT molecular complexity index is 943. The number of carbonyl (C=O) groups is 2. The van der Waals surface area contributed by atoms with E-state index in [-0.39, 0.29) is 11.9 Å². The van der Waals surface area contributed by atoms with Crippen LogP contribution in [0.4, 0.5) is 4.79 Å². The molecule has 0 bridgehead atoms. The van der Waals surface area contributed by atoms with Crippen LogP contribution in [0.15, 0.2) is 60.7 Å². The third-order valence-corrected chi connectivity index (χ3v) is 5.30. The van der Waals surface area contributed by atoms with E-state index in [9.17, 15) is 9.59 Å². The van der Waals surface area contributed by atoms with Crippen molar-refractivity contribution >= 4 is 23.5 Å². The van der Waals surface area contributed by atoms with Crippen molar-refractivity contribution in [1.29, 1.82) is 0 Å².